The van der Waals surface area contributed by atoms with Crippen molar-refractivity contribution >= 4 is 0 Å². The molecule has 0 radical (unpaired) electrons. The summed E-state index contributed by atoms with van der Waals surface area (Å²) in [5.41, 5.74) is 8.26. The molecule has 0 saturated heterocycles. The zero-order chi connectivity index (χ0) is 11.7. The molecule has 17 heavy (non-hydrogen) atoms. The molecule has 2 saturated carbocycles. The first kappa shape index (κ1) is 11.2. The minimum absolute atomic E-state index is 0.682. The van der Waals surface area contributed by atoms with E-state index in [1.807, 2.05) is 0 Å². The molecule has 0 amide bonds. The second kappa shape index (κ2) is 4.77. The Morgan fingerprint density at radius 1 is 1.18 bits per heavy atom. The molecule has 2 aliphatic carbocycles. The highest BCUT2D eigenvalue weighted by Crippen LogP contribution is 2.37. The van der Waals surface area contributed by atoms with Gasteiger partial charge >= 0.3 is 0 Å². The summed E-state index contributed by atoms with van der Waals surface area (Å²) >= 11 is 0. The van der Waals surface area contributed by atoms with Crippen LogP contribution in [0.5, 0.6) is 0 Å². The molecule has 4 nitrogen and oxygen atoms in total. The summed E-state index contributed by atoms with van der Waals surface area (Å²) in [6.45, 7) is 1.77. The molecule has 3 rings (SSSR count). The summed E-state index contributed by atoms with van der Waals surface area (Å²) in [7, 11) is 0. The van der Waals surface area contributed by atoms with Crippen LogP contribution in [-0.2, 0) is 13.0 Å². The third-order valence-corrected chi connectivity index (χ3v) is 4.10. The van der Waals surface area contributed by atoms with Gasteiger partial charge < -0.3 is 5.73 Å². The van der Waals surface area contributed by atoms with Crippen LogP contribution in [0, 0.1) is 5.92 Å². The van der Waals surface area contributed by atoms with Crippen molar-refractivity contribution < 1.29 is 0 Å². The topological polar surface area (TPSA) is 56.7 Å². The van der Waals surface area contributed by atoms with Gasteiger partial charge in [0.15, 0.2) is 0 Å². The molecule has 1 aromatic heterocycles. The molecule has 94 valence electrons. The lowest BCUT2D eigenvalue weighted by molar-refractivity contribution is 0.500. The predicted molar refractivity (Wildman–Crippen MR) is 66.7 cm³/mol. The maximum atomic E-state index is 5.67. The molecule has 0 atom stereocenters. The lowest BCUT2D eigenvalue weighted by Crippen LogP contribution is -2.12. The van der Waals surface area contributed by atoms with E-state index < -0.39 is 0 Å². The van der Waals surface area contributed by atoms with E-state index in [9.17, 15) is 0 Å². The summed E-state index contributed by atoms with van der Waals surface area (Å²) < 4.78 is 2.19. The van der Waals surface area contributed by atoms with Gasteiger partial charge in [-0.1, -0.05) is 18.1 Å². The SMILES string of the molecule is NCCc1nnn(CC2CC2)c1C1CCCC1. The Morgan fingerprint density at radius 3 is 2.59 bits per heavy atom. The van der Waals surface area contributed by atoms with Crippen molar-refractivity contribution in [3.05, 3.63) is 11.4 Å². The minimum Gasteiger partial charge on any atom is -0.330 e. The lowest BCUT2D eigenvalue weighted by Gasteiger charge is -2.13. The average molecular weight is 234 g/mol. The largest absolute Gasteiger partial charge is 0.330 e. The fourth-order valence-corrected chi connectivity index (χ4v) is 3.00. The first-order valence-electron chi connectivity index (χ1n) is 7.01. The quantitative estimate of drug-likeness (QED) is 0.846. The van der Waals surface area contributed by atoms with Gasteiger partial charge in [0, 0.05) is 18.9 Å². The van der Waals surface area contributed by atoms with Crippen molar-refractivity contribution in [3.8, 4) is 0 Å². The molecule has 0 bridgehead atoms. The van der Waals surface area contributed by atoms with Crippen LogP contribution in [0.25, 0.3) is 0 Å². The van der Waals surface area contributed by atoms with Gasteiger partial charge in [0.1, 0.15) is 0 Å². The third-order valence-electron chi connectivity index (χ3n) is 4.10. The van der Waals surface area contributed by atoms with Gasteiger partial charge in [0.05, 0.1) is 11.4 Å². The zero-order valence-electron chi connectivity index (χ0n) is 10.4. The van der Waals surface area contributed by atoms with E-state index in [0.717, 1.165) is 18.9 Å². The average Bonchev–Trinajstić information content (AvgIpc) is 2.83. The van der Waals surface area contributed by atoms with Gasteiger partial charge in [-0.05, 0) is 38.1 Å². The first-order chi connectivity index (χ1) is 8.38. The van der Waals surface area contributed by atoms with Crippen molar-refractivity contribution in [1.29, 1.82) is 0 Å². The summed E-state index contributed by atoms with van der Waals surface area (Å²) in [6, 6.07) is 0. The van der Waals surface area contributed by atoms with Crippen LogP contribution < -0.4 is 5.73 Å². The van der Waals surface area contributed by atoms with Gasteiger partial charge in [-0.3, -0.25) is 0 Å². The number of nitrogens with zero attached hydrogens (tertiary/aromatic N) is 3. The minimum atomic E-state index is 0.682. The number of nitrogens with two attached hydrogens (primary N) is 1. The number of hydrogen-bond acceptors (Lipinski definition) is 3. The summed E-state index contributed by atoms with van der Waals surface area (Å²) in [5.74, 6) is 1.56. The Labute approximate surface area is 103 Å². The van der Waals surface area contributed by atoms with Crippen molar-refractivity contribution in [3.63, 3.8) is 0 Å². The molecule has 2 aliphatic rings. The standard InChI is InChI=1S/C13H22N4/c14-8-7-12-13(11-3-1-2-4-11)17(16-15-12)9-10-5-6-10/h10-11H,1-9,14H2. The zero-order valence-corrected chi connectivity index (χ0v) is 10.4. The highest BCUT2D eigenvalue weighted by atomic mass is 15.4. The van der Waals surface area contributed by atoms with Gasteiger partial charge in [-0.2, -0.15) is 0 Å². The Hall–Kier alpha value is -0.900. The monoisotopic (exact) mass is 234 g/mol. The van der Waals surface area contributed by atoms with E-state index in [1.54, 1.807) is 0 Å². The van der Waals surface area contributed by atoms with E-state index in [4.69, 9.17) is 5.73 Å². The Kier molecular flexibility index (Phi) is 3.14. The van der Waals surface area contributed by atoms with Gasteiger partial charge in [0.2, 0.25) is 0 Å². The van der Waals surface area contributed by atoms with E-state index in [-0.39, 0.29) is 0 Å². The maximum Gasteiger partial charge on any atom is 0.0874 e. The fraction of sp³-hybridized carbons (Fsp3) is 0.846. The van der Waals surface area contributed by atoms with Crippen molar-refractivity contribution in [1.82, 2.24) is 15.0 Å². The molecule has 1 heterocycles. The van der Waals surface area contributed by atoms with E-state index in [2.05, 4.69) is 15.0 Å². The molecule has 2 fully saturated rings. The number of hydrogen-bond donors (Lipinski definition) is 1. The van der Waals surface area contributed by atoms with Crippen LogP contribution in [0.3, 0.4) is 0 Å². The van der Waals surface area contributed by atoms with Crippen LogP contribution in [-0.4, -0.2) is 21.5 Å². The van der Waals surface area contributed by atoms with E-state index in [1.165, 1.54) is 49.9 Å². The molecular formula is C13H22N4. The lowest BCUT2D eigenvalue weighted by atomic mass is 10.0. The Bertz CT molecular complexity index is 375. The number of aromatic nitrogens is 3. The summed E-state index contributed by atoms with van der Waals surface area (Å²) in [6.07, 6.45) is 8.98. The van der Waals surface area contributed by atoms with Crippen LogP contribution in [0.15, 0.2) is 0 Å². The second-order valence-electron chi connectivity index (χ2n) is 5.57. The van der Waals surface area contributed by atoms with Crippen molar-refractivity contribution in [2.75, 3.05) is 6.54 Å². The van der Waals surface area contributed by atoms with Crippen molar-refractivity contribution in [2.45, 2.75) is 57.4 Å². The normalized spacial score (nSPS) is 21.2. The molecular weight excluding hydrogens is 212 g/mol. The van der Waals surface area contributed by atoms with Crippen LogP contribution in [0.4, 0.5) is 0 Å². The Morgan fingerprint density at radius 2 is 1.94 bits per heavy atom. The summed E-state index contributed by atoms with van der Waals surface area (Å²) in [5, 5.41) is 8.73. The molecule has 0 aliphatic heterocycles. The second-order valence-corrected chi connectivity index (χ2v) is 5.57. The highest BCUT2D eigenvalue weighted by molar-refractivity contribution is 5.17. The van der Waals surface area contributed by atoms with Crippen LogP contribution in [0.2, 0.25) is 0 Å². The first-order valence-corrected chi connectivity index (χ1v) is 7.01. The van der Waals surface area contributed by atoms with Gasteiger partial charge in [0.25, 0.3) is 0 Å². The van der Waals surface area contributed by atoms with Gasteiger partial charge in [-0.25, -0.2) is 4.68 Å². The van der Waals surface area contributed by atoms with Crippen LogP contribution in [0.1, 0.15) is 55.8 Å². The fourth-order valence-electron chi connectivity index (χ4n) is 3.00. The molecule has 0 unspecified atom stereocenters. The van der Waals surface area contributed by atoms with Gasteiger partial charge in [-0.15, -0.1) is 5.10 Å². The van der Waals surface area contributed by atoms with E-state index >= 15 is 0 Å². The maximum absolute atomic E-state index is 5.67. The van der Waals surface area contributed by atoms with Crippen molar-refractivity contribution in [2.24, 2.45) is 11.7 Å². The van der Waals surface area contributed by atoms with E-state index in [0.29, 0.717) is 12.5 Å². The molecule has 0 spiro atoms. The summed E-state index contributed by atoms with van der Waals surface area (Å²) in [4.78, 5) is 0. The predicted octanol–water partition coefficient (Wildman–Crippen LogP) is 1.85. The molecule has 1 aromatic rings. The highest BCUT2D eigenvalue weighted by Gasteiger charge is 2.28. The molecule has 4 heteroatoms. The molecule has 0 aromatic carbocycles. The molecule has 2 N–H and O–H groups in total. The number of rotatable bonds is 5. The van der Waals surface area contributed by atoms with Crippen LogP contribution >= 0.6 is 0 Å². The Balaban J connectivity index is 1.85. The third kappa shape index (κ3) is 2.37. The smallest absolute Gasteiger partial charge is 0.0874 e.